The van der Waals surface area contributed by atoms with Crippen LogP contribution in [0.15, 0.2) is 12.2 Å². The predicted octanol–water partition coefficient (Wildman–Crippen LogP) is 17.6. The Balaban J connectivity index is 3.49. The number of rotatable bonds is 56. The second kappa shape index (κ2) is 55.0. The standard InChI is InChI=1S/C60H119NO5/c1-3-5-7-9-11-13-15-17-19-20-21-22-23-24-25-26-27-28-29-30-31-32-33-34-35-36-37-38-39-40-42-44-46-48-50-52-54-58(64)60(66)61-56(55-62)59(65)57(63)53-51-49-47-45-43-41-18-16-14-12-10-8-6-4-2/h45,47,56-59,62-65H,3-44,46,48-55H2,1-2H3,(H,61,66)/b47-45+. The molecule has 0 aromatic carbocycles. The van der Waals surface area contributed by atoms with Crippen molar-refractivity contribution in [1.29, 1.82) is 0 Å². The summed E-state index contributed by atoms with van der Waals surface area (Å²) in [5.74, 6) is -0.587. The van der Waals surface area contributed by atoms with Gasteiger partial charge in [0.15, 0.2) is 0 Å². The van der Waals surface area contributed by atoms with Crippen LogP contribution in [0, 0.1) is 0 Å². The zero-order chi connectivity index (χ0) is 48.1. The fourth-order valence-electron chi connectivity index (χ4n) is 9.76. The minimum atomic E-state index is -1.28. The summed E-state index contributed by atoms with van der Waals surface area (Å²) in [5, 5.41) is 43.9. The molecule has 0 spiro atoms. The molecule has 6 heteroatoms. The van der Waals surface area contributed by atoms with Crippen molar-refractivity contribution in [3.05, 3.63) is 12.2 Å². The Bertz CT molecular complexity index is 959. The molecule has 0 aliphatic heterocycles. The van der Waals surface area contributed by atoms with Gasteiger partial charge in [0.1, 0.15) is 12.2 Å². The highest BCUT2D eigenvalue weighted by atomic mass is 16.3. The van der Waals surface area contributed by atoms with E-state index in [9.17, 15) is 25.2 Å². The summed E-state index contributed by atoms with van der Waals surface area (Å²) in [6, 6.07) is -0.998. The number of carbonyl (C=O) groups is 1. The molecule has 0 rings (SSSR count). The number of aliphatic hydroxyl groups is 4. The molecule has 0 aliphatic rings. The molecule has 0 bridgehead atoms. The Morgan fingerprint density at radius 2 is 0.621 bits per heavy atom. The van der Waals surface area contributed by atoms with E-state index < -0.39 is 36.9 Å². The maximum absolute atomic E-state index is 12.6. The normalized spacial score (nSPS) is 13.7. The molecule has 4 atom stereocenters. The Morgan fingerprint density at radius 1 is 0.364 bits per heavy atom. The number of allylic oxidation sites excluding steroid dienone is 2. The molecule has 394 valence electrons. The third kappa shape index (κ3) is 48.1. The van der Waals surface area contributed by atoms with Crippen molar-refractivity contribution in [1.82, 2.24) is 5.32 Å². The van der Waals surface area contributed by atoms with Crippen molar-refractivity contribution in [2.75, 3.05) is 6.61 Å². The van der Waals surface area contributed by atoms with E-state index in [1.165, 1.54) is 270 Å². The van der Waals surface area contributed by atoms with Crippen LogP contribution in [-0.4, -0.2) is 57.3 Å². The van der Waals surface area contributed by atoms with Gasteiger partial charge in [-0.3, -0.25) is 4.79 Å². The van der Waals surface area contributed by atoms with E-state index in [2.05, 4.69) is 31.3 Å². The van der Waals surface area contributed by atoms with Gasteiger partial charge in [0.25, 0.3) is 0 Å². The van der Waals surface area contributed by atoms with Crippen molar-refractivity contribution in [2.24, 2.45) is 0 Å². The summed E-state index contributed by atoms with van der Waals surface area (Å²) < 4.78 is 0. The van der Waals surface area contributed by atoms with E-state index in [4.69, 9.17) is 0 Å². The van der Waals surface area contributed by atoms with E-state index in [1.807, 2.05) is 0 Å². The maximum atomic E-state index is 12.6. The Labute approximate surface area is 412 Å². The molecule has 0 saturated heterocycles. The van der Waals surface area contributed by atoms with Gasteiger partial charge < -0.3 is 25.7 Å². The lowest BCUT2D eigenvalue weighted by molar-refractivity contribution is -0.132. The highest BCUT2D eigenvalue weighted by molar-refractivity contribution is 5.80. The number of unbranched alkanes of at least 4 members (excludes halogenated alkanes) is 45. The topological polar surface area (TPSA) is 110 Å². The lowest BCUT2D eigenvalue weighted by atomic mass is 10.00. The molecule has 4 unspecified atom stereocenters. The summed E-state index contributed by atoms with van der Waals surface area (Å²) in [6.07, 6.45) is 66.1. The molecule has 0 aromatic heterocycles. The van der Waals surface area contributed by atoms with Gasteiger partial charge in [-0.15, -0.1) is 0 Å². The quantitative estimate of drug-likeness (QED) is 0.0308. The molecular formula is C60H119NO5. The van der Waals surface area contributed by atoms with Gasteiger partial charge in [-0.25, -0.2) is 0 Å². The van der Waals surface area contributed by atoms with Gasteiger partial charge in [0.2, 0.25) is 5.91 Å². The molecule has 0 aliphatic carbocycles. The first-order valence-electron chi connectivity index (χ1n) is 30.1. The van der Waals surface area contributed by atoms with Crippen LogP contribution in [-0.2, 0) is 4.79 Å². The van der Waals surface area contributed by atoms with Crippen molar-refractivity contribution in [2.45, 2.75) is 359 Å². The van der Waals surface area contributed by atoms with Crippen LogP contribution in [0.3, 0.4) is 0 Å². The number of amides is 1. The summed E-state index contributed by atoms with van der Waals surface area (Å²) in [5.41, 5.74) is 0. The molecule has 5 N–H and O–H groups in total. The van der Waals surface area contributed by atoms with Crippen LogP contribution in [0.4, 0.5) is 0 Å². The molecule has 66 heavy (non-hydrogen) atoms. The Kier molecular flexibility index (Phi) is 54.2. The summed E-state index contributed by atoms with van der Waals surface area (Å²) in [6.45, 7) is 4.07. The average molecular weight is 935 g/mol. The minimum Gasteiger partial charge on any atom is -0.394 e. The number of hydrogen-bond donors (Lipinski definition) is 5. The molecule has 0 fully saturated rings. The first-order valence-corrected chi connectivity index (χ1v) is 30.1. The van der Waals surface area contributed by atoms with Crippen LogP contribution < -0.4 is 5.32 Å². The fraction of sp³-hybridized carbons (Fsp3) is 0.950. The van der Waals surface area contributed by atoms with Crippen LogP contribution in [0.2, 0.25) is 0 Å². The van der Waals surface area contributed by atoms with Gasteiger partial charge in [0, 0.05) is 0 Å². The lowest BCUT2D eigenvalue weighted by Gasteiger charge is -2.27. The maximum Gasteiger partial charge on any atom is 0.249 e. The molecule has 0 aromatic rings. The van der Waals surface area contributed by atoms with Gasteiger partial charge >= 0.3 is 0 Å². The number of aliphatic hydroxyl groups excluding tert-OH is 4. The van der Waals surface area contributed by atoms with Gasteiger partial charge in [-0.05, 0) is 38.5 Å². The second-order valence-electron chi connectivity index (χ2n) is 21.1. The Hall–Kier alpha value is -0.950. The summed E-state index contributed by atoms with van der Waals surface area (Å²) in [7, 11) is 0. The van der Waals surface area contributed by atoms with Crippen molar-refractivity contribution < 1.29 is 25.2 Å². The first kappa shape index (κ1) is 65.0. The average Bonchev–Trinajstić information content (AvgIpc) is 3.32. The van der Waals surface area contributed by atoms with Gasteiger partial charge in [-0.1, -0.05) is 309 Å². The zero-order valence-electron chi connectivity index (χ0n) is 44.7. The lowest BCUT2D eigenvalue weighted by Crippen LogP contribution is -2.53. The number of nitrogens with one attached hydrogen (secondary N) is 1. The van der Waals surface area contributed by atoms with Crippen LogP contribution >= 0.6 is 0 Å². The zero-order valence-corrected chi connectivity index (χ0v) is 44.7. The van der Waals surface area contributed by atoms with E-state index in [1.54, 1.807) is 0 Å². The smallest absolute Gasteiger partial charge is 0.249 e. The van der Waals surface area contributed by atoms with Crippen molar-refractivity contribution in [3.63, 3.8) is 0 Å². The van der Waals surface area contributed by atoms with Crippen molar-refractivity contribution >= 4 is 5.91 Å². The largest absolute Gasteiger partial charge is 0.394 e. The molecule has 0 radical (unpaired) electrons. The molecule has 0 heterocycles. The van der Waals surface area contributed by atoms with Crippen molar-refractivity contribution in [3.8, 4) is 0 Å². The third-order valence-corrected chi connectivity index (χ3v) is 14.5. The first-order chi connectivity index (χ1) is 32.5. The van der Waals surface area contributed by atoms with E-state index in [-0.39, 0.29) is 0 Å². The fourth-order valence-corrected chi connectivity index (χ4v) is 9.76. The SMILES string of the molecule is CCCCCCCCCCC/C=C/CCCC(O)C(O)C(CO)NC(=O)C(O)CCCCCCCCCCCCCCCCCCCCCCCCCCCCCCCCCCCCCC. The second-order valence-corrected chi connectivity index (χ2v) is 21.1. The molecule has 6 nitrogen and oxygen atoms in total. The highest BCUT2D eigenvalue weighted by Gasteiger charge is 2.28. The Morgan fingerprint density at radius 3 is 0.909 bits per heavy atom. The third-order valence-electron chi connectivity index (χ3n) is 14.5. The van der Waals surface area contributed by atoms with E-state index in [0.717, 1.165) is 38.5 Å². The van der Waals surface area contributed by atoms with E-state index in [0.29, 0.717) is 12.8 Å². The minimum absolute atomic E-state index is 0.369. The molecule has 1 amide bonds. The van der Waals surface area contributed by atoms with Crippen LogP contribution in [0.5, 0.6) is 0 Å². The number of hydrogen-bond acceptors (Lipinski definition) is 5. The monoisotopic (exact) mass is 934 g/mol. The van der Waals surface area contributed by atoms with Gasteiger partial charge in [0.05, 0.1) is 18.8 Å². The molecular weight excluding hydrogens is 815 g/mol. The predicted molar refractivity (Wildman–Crippen MR) is 288 cm³/mol. The van der Waals surface area contributed by atoms with E-state index >= 15 is 0 Å². The molecule has 0 saturated carbocycles. The number of carbonyl (C=O) groups excluding carboxylic acids is 1. The van der Waals surface area contributed by atoms with Gasteiger partial charge in [-0.2, -0.15) is 0 Å². The van der Waals surface area contributed by atoms with Crippen LogP contribution in [0.25, 0.3) is 0 Å². The summed E-state index contributed by atoms with van der Waals surface area (Å²) in [4.78, 5) is 12.6. The summed E-state index contributed by atoms with van der Waals surface area (Å²) >= 11 is 0. The van der Waals surface area contributed by atoms with Crippen LogP contribution in [0.1, 0.15) is 335 Å². The highest BCUT2D eigenvalue weighted by Crippen LogP contribution is 2.19.